The third-order valence-corrected chi connectivity index (χ3v) is 4.59. The summed E-state index contributed by atoms with van der Waals surface area (Å²) >= 11 is 1.56. The second kappa shape index (κ2) is 7.56. The van der Waals surface area contributed by atoms with Crippen molar-refractivity contribution in [3.63, 3.8) is 0 Å². The smallest absolute Gasteiger partial charge is 0.315 e. The van der Waals surface area contributed by atoms with Crippen LogP contribution in [0.2, 0.25) is 0 Å². The fourth-order valence-corrected chi connectivity index (χ4v) is 3.32. The molecule has 1 fully saturated rings. The molecule has 0 saturated carbocycles. The van der Waals surface area contributed by atoms with Gasteiger partial charge in [-0.15, -0.1) is 11.3 Å². The molecule has 2 aromatic rings. The lowest BCUT2D eigenvalue weighted by atomic mass is 10.2. The fraction of sp³-hybridized carbons (Fsp3) is 0.467. The molecule has 1 aliphatic heterocycles. The maximum absolute atomic E-state index is 13.7. The standard InChI is InChI=1S/C15H19FN4O2S/c16-12-5-13(20(8-12)9-14-17-2-4-23-14)7-19-15(21)18-6-11-1-3-22-10-11/h1-4,10,12-13H,5-9H2,(H2,18,19,21)/t12-,13-/m0/s1. The Kier molecular flexibility index (Phi) is 5.24. The van der Waals surface area contributed by atoms with Crippen LogP contribution in [0.5, 0.6) is 0 Å². The maximum atomic E-state index is 13.7. The first-order chi connectivity index (χ1) is 11.2. The predicted octanol–water partition coefficient (Wildman–Crippen LogP) is 2.15. The van der Waals surface area contributed by atoms with E-state index in [4.69, 9.17) is 4.42 Å². The van der Waals surface area contributed by atoms with Crippen molar-refractivity contribution in [2.75, 3.05) is 13.1 Å². The predicted molar refractivity (Wildman–Crippen MR) is 84.8 cm³/mol. The van der Waals surface area contributed by atoms with Gasteiger partial charge in [0.15, 0.2) is 0 Å². The van der Waals surface area contributed by atoms with Crippen LogP contribution < -0.4 is 10.6 Å². The van der Waals surface area contributed by atoms with E-state index in [2.05, 4.69) is 15.6 Å². The summed E-state index contributed by atoms with van der Waals surface area (Å²) < 4.78 is 18.7. The van der Waals surface area contributed by atoms with Gasteiger partial charge in [-0.05, 0) is 12.5 Å². The van der Waals surface area contributed by atoms with E-state index in [1.807, 2.05) is 10.3 Å². The van der Waals surface area contributed by atoms with Crippen molar-refractivity contribution < 1.29 is 13.6 Å². The third kappa shape index (κ3) is 4.52. The first-order valence-corrected chi connectivity index (χ1v) is 8.38. The number of nitrogens with zero attached hydrogens (tertiary/aromatic N) is 2. The molecule has 0 radical (unpaired) electrons. The molecule has 2 amide bonds. The van der Waals surface area contributed by atoms with Crippen LogP contribution in [0.25, 0.3) is 0 Å². The number of hydrogen-bond donors (Lipinski definition) is 2. The summed E-state index contributed by atoms with van der Waals surface area (Å²) in [5.41, 5.74) is 0.898. The summed E-state index contributed by atoms with van der Waals surface area (Å²) in [6.07, 6.45) is 4.48. The molecule has 3 heterocycles. The van der Waals surface area contributed by atoms with Crippen molar-refractivity contribution in [1.82, 2.24) is 20.5 Å². The van der Waals surface area contributed by atoms with Crippen molar-refractivity contribution in [2.45, 2.75) is 31.7 Å². The number of carbonyl (C=O) groups excluding carboxylic acids is 1. The van der Waals surface area contributed by atoms with Gasteiger partial charge in [-0.3, -0.25) is 4.90 Å². The number of carbonyl (C=O) groups is 1. The molecular formula is C15H19FN4O2S. The molecule has 124 valence electrons. The molecule has 2 atom stereocenters. The van der Waals surface area contributed by atoms with Crippen LogP contribution >= 0.6 is 11.3 Å². The first kappa shape index (κ1) is 15.9. The Morgan fingerprint density at radius 1 is 1.52 bits per heavy atom. The van der Waals surface area contributed by atoms with Gasteiger partial charge >= 0.3 is 6.03 Å². The number of halogens is 1. The second-order valence-electron chi connectivity index (χ2n) is 5.54. The molecule has 0 bridgehead atoms. The summed E-state index contributed by atoms with van der Waals surface area (Å²) in [5.74, 6) is 0. The monoisotopic (exact) mass is 338 g/mol. The highest BCUT2D eigenvalue weighted by Crippen LogP contribution is 2.22. The lowest BCUT2D eigenvalue weighted by Crippen LogP contribution is -2.43. The van der Waals surface area contributed by atoms with E-state index in [-0.39, 0.29) is 12.1 Å². The third-order valence-electron chi connectivity index (χ3n) is 3.83. The van der Waals surface area contributed by atoms with E-state index < -0.39 is 6.17 Å². The highest BCUT2D eigenvalue weighted by atomic mass is 32.1. The molecule has 0 unspecified atom stereocenters. The topological polar surface area (TPSA) is 70.4 Å². The Balaban J connectivity index is 1.44. The summed E-state index contributed by atoms with van der Waals surface area (Å²) in [6.45, 7) is 1.84. The minimum absolute atomic E-state index is 0.00595. The summed E-state index contributed by atoms with van der Waals surface area (Å²) in [5, 5.41) is 8.44. The van der Waals surface area contributed by atoms with Crippen molar-refractivity contribution in [3.8, 4) is 0 Å². The zero-order valence-electron chi connectivity index (χ0n) is 12.6. The van der Waals surface area contributed by atoms with Gasteiger partial charge in [0.2, 0.25) is 0 Å². The van der Waals surface area contributed by atoms with Crippen LogP contribution in [-0.2, 0) is 13.1 Å². The number of likely N-dealkylation sites (tertiary alicyclic amines) is 1. The van der Waals surface area contributed by atoms with E-state index >= 15 is 0 Å². The average molecular weight is 338 g/mol. The molecule has 6 nitrogen and oxygen atoms in total. The lowest BCUT2D eigenvalue weighted by molar-refractivity contribution is 0.218. The van der Waals surface area contributed by atoms with Gasteiger partial charge in [-0.1, -0.05) is 0 Å². The van der Waals surface area contributed by atoms with Crippen LogP contribution in [0.4, 0.5) is 9.18 Å². The van der Waals surface area contributed by atoms with Gasteiger partial charge in [-0.2, -0.15) is 0 Å². The number of nitrogens with one attached hydrogen (secondary N) is 2. The van der Waals surface area contributed by atoms with Gasteiger partial charge in [-0.25, -0.2) is 14.2 Å². The van der Waals surface area contributed by atoms with E-state index in [1.165, 1.54) is 0 Å². The van der Waals surface area contributed by atoms with E-state index in [0.29, 0.717) is 32.6 Å². The number of urea groups is 1. The Morgan fingerprint density at radius 3 is 3.17 bits per heavy atom. The largest absolute Gasteiger partial charge is 0.472 e. The number of thiazole rings is 1. The number of hydrogen-bond acceptors (Lipinski definition) is 5. The van der Waals surface area contributed by atoms with Crippen LogP contribution in [0.1, 0.15) is 17.0 Å². The minimum Gasteiger partial charge on any atom is -0.472 e. The minimum atomic E-state index is -0.851. The van der Waals surface area contributed by atoms with Gasteiger partial charge in [0.05, 0.1) is 19.1 Å². The van der Waals surface area contributed by atoms with E-state index in [9.17, 15) is 9.18 Å². The number of rotatable bonds is 6. The zero-order chi connectivity index (χ0) is 16.1. The van der Waals surface area contributed by atoms with Gasteiger partial charge in [0, 0.05) is 42.8 Å². The summed E-state index contributed by atoms with van der Waals surface area (Å²) in [4.78, 5) is 18.1. The fourth-order valence-electron chi connectivity index (χ4n) is 2.68. The number of aromatic nitrogens is 1. The molecule has 0 spiro atoms. The molecular weight excluding hydrogens is 319 g/mol. The average Bonchev–Trinajstić information content (AvgIpc) is 3.26. The van der Waals surface area contributed by atoms with E-state index in [1.54, 1.807) is 36.1 Å². The maximum Gasteiger partial charge on any atom is 0.315 e. The SMILES string of the molecule is O=C(NCc1ccoc1)NC[C@@H]1C[C@H](F)CN1Cc1nccs1. The summed E-state index contributed by atoms with van der Waals surface area (Å²) in [6, 6.07) is 1.53. The molecule has 3 rings (SSSR count). The highest BCUT2D eigenvalue weighted by Gasteiger charge is 2.32. The molecule has 23 heavy (non-hydrogen) atoms. The molecule has 0 aliphatic carbocycles. The molecule has 2 N–H and O–H groups in total. The Morgan fingerprint density at radius 2 is 2.43 bits per heavy atom. The lowest BCUT2D eigenvalue weighted by Gasteiger charge is -2.23. The van der Waals surface area contributed by atoms with Crippen molar-refractivity contribution in [3.05, 3.63) is 40.7 Å². The van der Waals surface area contributed by atoms with Gasteiger partial charge in [0.25, 0.3) is 0 Å². The normalized spacial score (nSPS) is 21.4. The van der Waals surface area contributed by atoms with Crippen molar-refractivity contribution >= 4 is 17.4 Å². The Labute approximate surface area is 137 Å². The number of amides is 2. The highest BCUT2D eigenvalue weighted by molar-refractivity contribution is 7.09. The molecule has 1 saturated heterocycles. The van der Waals surface area contributed by atoms with Crippen LogP contribution in [-0.4, -0.2) is 41.2 Å². The zero-order valence-corrected chi connectivity index (χ0v) is 13.4. The van der Waals surface area contributed by atoms with Crippen LogP contribution in [0, 0.1) is 0 Å². The molecule has 2 aromatic heterocycles. The van der Waals surface area contributed by atoms with Crippen molar-refractivity contribution in [1.29, 1.82) is 0 Å². The first-order valence-electron chi connectivity index (χ1n) is 7.50. The summed E-state index contributed by atoms with van der Waals surface area (Å²) in [7, 11) is 0. The second-order valence-corrected chi connectivity index (χ2v) is 6.52. The Bertz CT molecular complexity index is 605. The van der Waals surface area contributed by atoms with E-state index in [0.717, 1.165) is 10.6 Å². The number of alkyl halides is 1. The van der Waals surface area contributed by atoms with Gasteiger partial charge < -0.3 is 15.1 Å². The Hall–Kier alpha value is -1.93. The van der Waals surface area contributed by atoms with Gasteiger partial charge in [0.1, 0.15) is 11.2 Å². The van der Waals surface area contributed by atoms with Crippen molar-refractivity contribution in [2.24, 2.45) is 0 Å². The van der Waals surface area contributed by atoms with Crippen LogP contribution in [0.15, 0.2) is 34.6 Å². The van der Waals surface area contributed by atoms with Crippen LogP contribution in [0.3, 0.4) is 0 Å². The molecule has 8 heteroatoms. The molecule has 1 aliphatic rings. The molecule has 0 aromatic carbocycles. The number of furan rings is 1. The quantitative estimate of drug-likeness (QED) is 0.847.